The first-order chi connectivity index (χ1) is 66.0. The quantitative estimate of drug-likeness (QED) is 0.105. The monoisotopic (exact) mass is 2160 g/mol. The van der Waals surface area contributed by atoms with Gasteiger partial charge in [0.15, 0.2) is 0 Å². The van der Waals surface area contributed by atoms with Crippen LogP contribution in [0.2, 0.25) is 0 Å². The Morgan fingerprint density at radius 3 is 0.632 bits per heavy atom. The molecule has 0 aliphatic carbocycles. The van der Waals surface area contributed by atoms with Gasteiger partial charge in [0.2, 0.25) is 0 Å². The van der Waals surface area contributed by atoms with Gasteiger partial charge in [-0.15, -0.1) is 0 Å². The van der Waals surface area contributed by atoms with Crippen molar-refractivity contribution in [2.75, 3.05) is 0 Å². The number of hydrogen-bond donors (Lipinski definition) is 4. The maximum Gasteiger partial charge on any atom is 0.494 e. The zero-order valence-corrected chi connectivity index (χ0v) is 82.7. The van der Waals surface area contributed by atoms with Crippen LogP contribution < -0.4 is 16.4 Å². The fourth-order valence-electron chi connectivity index (χ4n) is 18.0. The number of hydrogen-bond acceptors (Lipinski definition) is 13. The molecule has 1 fully saturated rings. The molecule has 18 aromatic carbocycles. The number of fused-ring (bicyclic) bond motifs is 21. The standard InChI is InChI=1S/C36H29BO4.C30H17BrO2.C18H10Br2O.2C12H9BO3.C6H3Br3/c1-35(2)36(3,4)41-37(40-35)24-20-22(25-13-9-15-29-27-11-5-7-17-31(27)38-33(25)29)19-23(21-24)26-14-10-16-30-28-12-6-8-18-32(28)39-34(26)30;31-20-16-18(21-9-5-11-25-23-7-1-3-13-27(23)32-29(21)25)15-19(17-20)22-10-6-12-26-24-8-2-4-14-28(24)33-30(22)26;19-12-8-11(9-13(20)10-12)14-5-3-6-16-15-4-1-2-7-17(15)21-18(14)16;2*14-13(15)10-6-3-5-9-8-4-1-2-7-11(8)16-12(9)10;7-4-1-5(8)3-6(9)2-4/h5-21H,1-4H3;1-17H;1-10H;2*1-7,14-15H;1-3H. The molecule has 1 saturated heterocycles. The van der Waals surface area contributed by atoms with Crippen LogP contribution in [0.25, 0.3) is 209 Å². The highest BCUT2D eigenvalue weighted by molar-refractivity contribution is 9.12. The maximum absolute atomic E-state index is 9.24. The van der Waals surface area contributed by atoms with Gasteiger partial charge in [-0.2, -0.15) is 0 Å². The third-order valence-corrected chi connectivity index (χ3v) is 27.8. The van der Waals surface area contributed by atoms with Gasteiger partial charge < -0.3 is 60.3 Å². The van der Waals surface area contributed by atoms with Crippen LogP contribution >= 0.6 is 95.6 Å². The summed E-state index contributed by atoms with van der Waals surface area (Å²) in [6, 6.07) is 124. The number of halogens is 6. The lowest BCUT2D eigenvalue weighted by molar-refractivity contribution is 0.00578. The summed E-state index contributed by atoms with van der Waals surface area (Å²) in [5.74, 6) is 0. The number of furan rings is 7. The highest BCUT2D eigenvalue weighted by atomic mass is 79.9. The van der Waals surface area contributed by atoms with Crippen LogP contribution in [0.4, 0.5) is 0 Å². The molecule has 0 saturated carbocycles. The SMILES string of the molecule is Brc1cc(-c2cccc3c2oc2ccccc23)cc(-c2cccc3c2oc2ccccc23)c1.Brc1cc(Br)cc(-c2cccc3c2oc2ccccc23)c1.Brc1cc(Br)cc(Br)c1.CC1(C)OB(c2cc(-c3cccc4c3oc3ccccc34)cc(-c3cccc4c3oc3ccccc34)c2)OC1(C)C.OB(O)c1cccc2c1oc1ccccc12.OB(O)c1cccc2c1oc1ccccc12. The van der Waals surface area contributed by atoms with E-state index in [2.05, 4.69) is 317 Å². The van der Waals surface area contributed by atoms with E-state index >= 15 is 0 Å². The van der Waals surface area contributed by atoms with Crippen LogP contribution in [0.3, 0.4) is 0 Å². The molecule has 13 nitrogen and oxygen atoms in total. The van der Waals surface area contributed by atoms with E-state index in [4.69, 9.17) is 40.2 Å². The van der Waals surface area contributed by atoms with E-state index < -0.39 is 32.6 Å². The van der Waals surface area contributed by atoms with E-state index in [1.807, 2.05) is 152 Å². The Labute approximate surface area is 831 Å². The summed E-state index contributed by atoms with van der Waals surface area (Å²) in [7, 11) is -3.53. The molecule has 136 heavy (non-hydrogen) atoms. The van der Waals surface area contributed by atoms with E-state index in [1.165, 1.54) is 0 Å². The molecule has 0 radical (unpaired) electrons. The van der Waals surface area contributed by atoms with Crippen molar-refractivity contribution in [3.05, 3.63) is 397 Å². The summed E-state index contributed by atoms with van der Waals surface area (Å²) >= 11 is 20.9. The average molecular weight is 2170 g/mol. The molecule has 0 unspecified atom stereocenters. The van der Waals surface area contributed by atoms with Gasteiger partial charge in [-0.25, -0.2) is 0 Å². The van der Waals surface area contributed by atoms with E-state index in [-0.39, 0.29) is 0 Å². The summed E-state index contributed by atoms with van der Waals surface area (Å²) < 4.78 is 62.2. The number of para-hydroxylation sites is 14. The molecule has 662 valence electrons. The molecule has 0 spiro atoms. The Kier molecular flexibility index (Phi) is 24.8. The van der Waals surface area contributed by atoms with Crippen LogP contribution in [0.5, 0.6) is 0 Å². The summed E-state index contributed by atoms with van der Waals surface area (Å²) in [5, 5.41) is 52.0. The molecule has 8 heterocycles. The lowest BCUT2D eigenvalue weighted by atomic mass is 9.76. The summed E-state index contributed by atoms with van der Waals surface area (Å²) in [4.78, 5) is 0. The van der Waals surface area contributed by atoms with Crippen molar-refractivity contribution >= 4 is 287 Å². The van der Waals surface area contributed by atoms with Gasteiger partial charge in [-0.1, -0.05) is 362 Å². The summed E-state index contributed by atoms with van der Waals surface area (Å²) in [6.07, 6.45) is 0. The lowest BCUT2D eigenvalue weighted by Crippen LogP contribution is -2.41. The van der Waals surface area contributed by atoms with Gasteiger partial charge >= 0.3 is 21.4 Å². The highest BCUT2D eigenvalue weighted by Crippen LogP contribution is 2.47. The zero-order valence-electron chi connectivity index (χ0n) is 73.2. The van der Waals surface area contributed by atoms with E-state index in [1.54, 1.807) is 24.3 Å². The molecule has 0 bridgehead atoms. The average Bonchev–Trinajstić information content (AvgIpc) is 1.58. The van der Waals surface area contributed by atoms with Crippen molar-refractivity contribution in [1.82, 2.24) is 0 Å². The van der Waals surface area contributed by atoms with E-state index in [9.17, 15) is 20.1 Å². The minimum Gasteiger partial charge on any atom is -0.456 e. The third kappa shape index (κ3) is 17.5. The van der Waals surface area contributed by atoms with E-state index in [0.717, 1.165) is 230 Å². The third-order valence-electron chi connectivity index (χ3n) is 25.1. The Hall–Kier alpha value is -12.6. The van der Waals surface area contributed by atoms with Crippen molar-refractivity contribution < 1.29 is 60.3 Å². The van der Waals surface area contributed by atoms with Gasteiger partial charge in [-0.3, -0.25) is 0 Å². The van der Waals surface area contributed by atoms with Crippen molar-refractivity contribution in [3.8, 4) is 55.6 Å². The minimum absolute atomic E-state index is 0.397. The molecular weight excluding hydrogens is 2090 g/mol. The smallest absolute Gasteiger partial charge is 0.456 e. The molecule has 1 aliphatic heterocycles. The first kappa shape index (κ1) is 89.9. The summed E-state index contributed by atoms with van der Waals surface area (Å²) in [5.41, 5.74) is 23.1. The molecule has 7 aromatic heterocycles. The van der Waals surface area contributed by atoms with Crippen molar-refractivity contribution in [2.24, 2.45) is 0 Å². The summed E-state index contributed by atoms with van der Waals surface area (Å²) in [6.45, 7) is 8.34. The van der Waals surface area contributed by atoms with Crippen molar-refractivity contribution in [2.45, 2.75) is 38.9 Å². The normalized spacial score (nSPS) is 12.8. The fourth-order valence-corrected chi connectivity index (χ4v) is 22.2. The second-order valence-electron chi connectivity index (χ2n) is 34.2. The minimum atomic E-state index is -1.51. The number of rotatable bonds is 8. The Balaban J connectivity index is 0.000000104. The van der Waals surface area contributed by atoms with Gasteiger partial charge in [-0.05, 0) is 164 Å². The molecule has 1 aliphatic rings. The molecule has 4 N–H and O–H groups in total. The van der Waals surface area contributed by atoms with Gasteiger partial charge in [0.05, 0.1) is 11.2 Å². The van der Waals surface area contributed by atoms with Crippen LogP contribution in [0.15, 0.2) is 428 Å². The molecule has 0 atom stereocenters. The van der Waals surface area contributed by atoms with Gasteiger partial charge in [0.1, 0.15) is 78.2 Å². The second-order valence-corrected chi connectivity index (χ2v) is 39.7. The Morgan fingerprint density at radius 1 is 0.206 bits per heavy atom. The largest absolute Gasteiger partial charge is 0.494 e. The van der Waals surface area contributed by atoms with Gasteiger partial charge in [0, 0.05) is 141 Å². The van der Waals surface area contributed by atoms with Gasteiger partial charge in [0.25, 0.3) is 0 Å². The Morgan fingerprint density at radius 2 is 0.390 bits per heavy atom. The Bertz CT molecular complexity index is 8460. The topological polar surface area (TPSA) is 191 Å². The predicted molar refractivity (Wildman–Crippen MR) is 578 cm³/mol. The molecule has 0 amide bonds. The fraction of sp³-hybridized carbons (Fsp3) is 0.0526. The second kappa shape index (κ2) is 37.5. The van der Waals surface area contributed by atoms with Crippen LogP contribution in [0, 0.1) is 0 Å². The van der Waals surface area contributed by atoms with Crippen LogP contribution in [0.1, 0.15) is 27.7 Å². The van der Waals surface area contributed by atoms with Crippen LogP contribution in [-0.4, -0.2) is 52.7 Å². The first-order valence-corrected chi connectivity index (χ1v) is 48.7. The zero-order chi connectivity index (χ0) is 93.4. The molecular formula is C114H77B3Br6O13. The lowest BCUT2D eigenvalue weighted by Gasteiger charge is -2.32. The molecule has 25 aromatic rings. The maximum atomic E-state index is 9.24. The predicted octanol–water partition coefficient (Wildman–Crippen LogP) is 32.0. The van der Waals surface area contributed by atoms with Crippen molar-refractivity contribution in [1.29, 1.82) is 0 Å². The molecule has 26 rings (SSSR count). The van der Waals surface area contributed by atoms with E-state index in [0.29, 0.717) is 22.1 Å². The highest BCUT2D eigenvalue weighted by Gasteiger charge is 2.52. The van der Waals surface area contributed by atoms with Crippen molar-refractivity contribution in [3.63, 3.8) is 0 Å². The molecule has 22 heteroatoms. The van der Waals surface area contributed by atoms with Crippen LogP contribution in [-0.2, 0) is 9.31 Å². The first-order valence-electron chi connectivity index (χ1n) is 43.9. The number of benzene rings is 18.